The largest absolute Gasteiger partial charge is 0.497 e. The fourth-order valence-corrected chi connectivity index (χ4v) is 3.37. The molecule has 1 heterocycles. The quantitative estimate of drug-likeness (QED) is 0.496. The Bertz CT molecular complexity index is 1080. The van der Waals surface area contributed by atoms with Crippen LogP contribution in [-0.2, 0) is 11.2 Å². The van der Waals surface area contributed by atoms with Crippen LogP contribution in [0.4, 0.5) is 10.8 Å². The number of aromatic nitrogens is 2. The third kappa shape index (κ3) is 6.34. The highest BCUT2D eigenvalue weighted by atomic mass is 32.1. The second-order valence-corrected chi connectivity index (χ2v) is 7.51. The number of hydrogen-bond acceptors (Lipinski definition) is 7. The molecule has 0 saturated carbocycles. The monoisotopic (exact) mass is 439 g/mol. The second kappa shape index (κ2) is 10.3. The number of hydrogen-bond donors (Lipinski definition) is 3. The minimum absolute atomic E-state index is 0.182. The van der Waals surface area contributed by atoms with E-state index in [4.69, 9.17) is 4.74 Å². The first-order valence-corrected chi connectivity index (χ1v) is 10.2. The Morgan fingerprint density at radius 3 is 2.45 bits per heavy atom. The molecule has 3 aromatic rings. The summed E-state index contributed by atoms with van der Waals surface area (Å²) < 4.78 is 5.12. The van der Waals surface area contributed by atoms with Gasteiger partial charge in [0.05, 0.1) is 7.11 Å². The summed E-state index contributed by atoms with van der Waals surface area (Å²) in [5.74, 6) is -0.108. The van der Waals surface area contributed by atoms with Gasteiger partial charge in [0.25, 0.3) is 11.8 Å². The summed E-state index contributed by atoms with van der Waals surface area (Å²) >= 11 is 1.24. The Kier molecular flexibility index (Phi) is 7.28. The van der Waals surface area contributed by atoms with Crippen molar-refractivity contribution < 1.29 is 19.1 Å². The van der Waals surface area contributed by atoms with Gasteiger partial charge in [-0.25, -0.2) is 0 Å². The molecule has 0 saturated heterocycles. The molecule has 9 nitrogen and oxygen atoms in total. The van der Waals surface area contributed by atoms with E-state index in [0.717, 1.165) is 0 Å². The zero-order chi connectivity index (χ0) is 22.2. The highest BCUT2D eigenvalue weighted by molar-refractivity contribution is 7.15. The zero-order valence-electron chi connectivity index (χ0n) is 17.0. The van der Waals surface area contributed by atoms with E-state index in [2.05, 4.69) is 26.1 Å². The number of benzene rings is 2. The molecule has 0 unspecified atom stereocenters. The summed E-state index contributed by atoms with van der Waals surface area (Å²) in [6.07, 6.45) is 0.481. The standard InChI is InChI=1S/C21H21N5O4S/c1-13(27)23-16-8-6-14(7-9-16)20(29)24-21-26-25-18(31-21)10-11-22-19(28)15-4-3-5-17(12-15)30-2/h3-9,12H,10-11H2,1-2H3,(H,22,28)(H,23,27)(H,24,26,29). The first-order valence-electron chi connectivity index (χ1n) is 9.38. The summed E-state index contributed by atoms with van der Waals surface area (Å²) in [4.78, 5) is 35.6. The molecular formula is C21H21N5O4S. The van der Waals surface area contributed by atoms with Crippen LogP contribution in [0.1, 0.15) is 32.6 Å². The van der Waals surface area contributed by atoms with Crippen molar-refractivity contribution in [3.63, 3.8) is 0 Å². The molecule has 0 fully saturated rings. The van der Waals surface area contributed by atoms with Crippen molar-refractivity contribution in [1.82, 2.24) is 15.5 Å². The first kappa shape index (κ1) is 21.9. The number of amides is 3. The highest BCUT2D eigenvalue weighted by Crippen LogP contribution is 2.18. The van der Waals surface area contributed by atoms with Crippen molar-refractivity contribution in [2.45, 2.75) is 13.3 Å². The van der Waals surface area contributed by atoms with Gasteiger partial charge in [-0.15, -0.1) is 10.2 Å². The molecule has 10 heteroatoms. The van der Waals surface area contributed by atoms with Gasteiger partial charge in [0.15, 0.2) is 0 Å². The van der Waals surface area contributed by atoms with Crippen LogP contribution < -0.4 is 20.7 Å². The maximum atomic E-state index is 12.3. The number of carbonyl (C=O) groups excluding carboxylic acids is 3. The number of anilines is 2. The molecule has 0 bridgehead atoms. The zero-order valence-corrected chi connectivity index (χ0v) is 17.8. The van der Waals surface area contributed by atoms with Crippen LogP contribution in [0, 0.1) is 0 Å². The Morgan fingerprint density at radius 2 is 1.74 bits per heavy atom. The van der Waals surface area contributed by atoms with Gasteiger partial charge in [0.1, 0.15) is 10.8 Å². The van der Waals surface area contributed by atoms with Crippen molar-refractivity contribution in [2.24, 2.45) is 0 Å². The van der Waals surface area contributed by atoms with E-state index in [9.17, 15) is 14.4 Å². The molecule has 160 valence electrons. The van der Waals surface area contributed by atoms with Gasteiger partial charge in [0, 0.05) is 36.7 Å². The molecule has 0 aliphatic heterocycles. The molecule has 0 aliphatic carbocycles. The van der Waals surface area contributed by atoms with Crippen LogP contribution in [0.15, 0.2) is 48.5 Å². The van der Waals surface area contributed by atoms with Crippen molar-refractivity contribution in [3.05, 3.63) is 64.7 Å². The molecule has 3 amide bonds. The Labute approximate surface area is 182 Å². The summed E-state index contributed by atoms with van der Waals surface area (Å²) in [5, 5.41) is 17.2. The Hall–Kier alpha value is -3.79. The third-order valence-electron chi connectivity index (χ3n) is 4.11. The van der Waals surface area contributed by atoms with E-state index < -0.39 is 0 Å². The highest BCUT2D eigenvalue weighted by Gasteiger charge is 2.11. The van der Waals surface area contributed by atoms with Gasteiger partial charge in [-0.1, -0.05) is 17.4 Å². The average Bonchev–Trinajstić information content (AvgIpc) is 3.20. The van der Waals surface area contributed by atoms with Crippen molar-refractivity contribution in [3.8, 4) is 5.75 Å². The van der Waals surface area contributed by atoms with Gasteiger partial charge in [0.2, 0.25) is 11.0 Å². The lowest BCUT2D eigenvalue weighted by Crippen LogP contribution is -2.25. The molecule has 2 aromatic carbocycles. The van der Waals surface area contributed by atoms with Gasteiger partial charge < -0.3 is 15.4 Å². The van der Waals surface area contributed by atoms with Gasteiger partial charge >= 0.3 is 0 Å². The van der Waals surface area contributed by atoms with Crippen LogP contribution in [-0.4, -0.2) is 41.6 Å². The number of rotatable bonds is 8. The summed E-state index contributed by atoms with van der Waals surface area (Å²) in [5.41, 5.74) is 1.55. The Morgan fingerprint density at radius 1 is 0.968 bits per heavy atom. The van der Waals surface area contributed by atoms with Crippen LogP contribution in [0.5, 0.6) is 5.75 Å². The molecule has 0 atom stereocenters. The third-order valence-corrected chi connectivity index (χ3v) is 5.01. The lowest BCUT2D eigenvalue weighted by Gasteiger charge is -2.05. The van der Waals surface area contributed by atoms with E-state index in [0.29, 0.717) is 45.7 Å². The van der Waals surface area contributed by atoms with Gasteiger partial charge in [-0.05, 0) is 42.5 Å². The number of carbonyl (C=O) groups is 3. The normalized spacial score (nSPS) is 10.3. The average molecular weight is 439 g/mol. The van der Waals surface area contributed by atoms with E-state index in [1.54, 1.807) is 55.6 Å². The number of nitrogens with zero attached hydrogens (tertiary/aromatic N) is 2. The van der Waals surface area contributed by atoms with Crippen LogP contribution in [0.3, 0.4) is 0 Å². The van der Waals surface area contributed by atoms with Crippen LogP contribution >= 0.6 is 11.3 Å². The van der Waals surface area contributed by atoms with E-state index in [-0.39, 0.29) is 17.7 Å². The topological polar surface area (TPSA) is 122 Å². The number of methoxy groups -OCH3 is 1. The molecule has 3 rings (SSSR count). The maximum Gasteiger partial charge on any atom is 0.257 e. The Balaban J connectivity index is 1.49. The second-order valence-electron chi connectivity index (χ2n) is 6.45. The van der Waals surface area contributed by atoms with E-state index in [1.807, 2.05) is 0 Å². The van der Waals surface area contributed by atoms with Gasteiger partial charge in [-0.3, -0.25) is 19.7 Å². The van der Waals surface area contributed by atoms with Gasteiger partial charge in [-0.2, -0.15) is 0 Å². The van der Waals surface area contributed by atoms with E-state index in [1.165, 1.54) is 18.3 Å². The fourth-order valence-electron chi connectivity index (χ4n) is 2.63. The minimum atomic E-state index is -0.330. The van der Waals surface area contributed by atoms with Crippen molar-refractivity contribution >= 4 is 39.9 Å². The first-order chi connectivity index (χ1) is 14.9. The summed E-state index contributed by atoms with van der Waals surface area (Å²) in [6, 6.07) is 13.4. The minimum Gasteiger partial charge on any atom is -0.497 e. The van der Waals surface area contributed by atoms with Crippen LogP contribution in [0.25, 0.3) is 0 Å². The molecule has 0 spiro atoms. The molecule has 3 N–H and O–H groups in total. The SMILES string of the molecule is COc1cccc(C(=O)NCCc2nnc(NC(=O)c3ccc(NC(C)=O)cc3)s2)c1. The lowest BCUT2D eigenvalue weighted by molar-refractivity contribution is -0.114. The van der Waals surface area contributed by atoms with Crippen molar-refractivity contribution in [2.75, 3.05) is 24.3 Å². The smallest absolute Gasteiger partial charge is 0.257 e. The van der Waals surface area contributed by atoms with Crippen molar-refractivity contribution in [1.29, 1.82) is 0 Å². The molecule has 0 aliphatic rings. The summed E-state index contributed by atoms with van der Waals surface area (Å²) in [7, 11) is 1.55. The number of ether oxygens (including phenoxy) is 1. The maximum absolute atomic E-state index is 12.3. The molecule has 31 heavy (non-hydrogen) atoms. The predicted octanol–water partition coefficient (Wildman–Crippen LogP) is 2.73. The molecule has 0 radical (unpaired) electrons. The number of nitrogens with one attached hydrogen (secondary N) is 3. The van der Waals surface area contributed by atoms with Crippen LogP contribution in [0.2, 0.25) is 0 Å². The predicted molar refractivity (Wildman–Crippen MR) is 118 cm³/mol. The fraction of sp³-hybridized carbons (Fsp3) is 0.190. The van der Waals surface area contributed by atoms with E-state index >= 15 is 0 Å². The lowest BCUT2D eigenvalue weighted by atomic mass is 10.2. The molecular weight excluding hydrogens is 418 g/mol. The molecule has 1 aromatic heterocycles. The summed E-state index contributed by atoms with van der Waals surface area (Å²) in [6.45, 7) is 1.79.